The molecule has 2 aromatic carbocycles. The van der Waals surface area contributed by atoms with Crippen LogP contribution in [0.3, 0.4) is 0 Å². The minimum Gasteiger partial charge on any atom is -0.471 e. The van der Waals surface area contributed by atoms with Gasteiger partial charge in [0.15, 0.2) is 6.73 Å². The average molecular weight is 525 g/mol. The second-order valence-corrected chi connectivity index (χ2v) is 9.62. The molecule has 2 unspecified atom stereocenters. The third-order valence-corrected chi connectivity index (χ3v) is 7.41. The molecule has 0 saturated heterocycles. The number of carbonyl (C=O) groups excluding carboxylic acids is 1. The maximum absolute atomic E-state index is 14.6. The summed E-state index contributed by atoms with van der Waals surface area (Å²) in [7, 11) is 1.53. The number of aromatic nitrogens is 1. The standard InChI is InChI=1S/C30H22F2N4O3/c1-34-30(37)27-19-11-18(21(33)13-26(19)39-29(27)15-5-7-16(31)8-6-15)22-9-10-25-28(35-22)24-12-17-20(32)3-2-4-23(17)36(24)14-38-25/h2-13,17,23H,14,33H2,1H3,(H,34,37). The van der Waals surface area contributed by atoms with Crippen molar-refractivity contribution in [3.05, 3.63) is 95.7 Å². The van der Waals surface area contributed by atoms with Gasteiger partial charge < -0.3 is 25.1 Å². The highest BCUT2D eigenvalue weighted by Crippen LogP contribution is 2.45. The fourth-order valence-corrected chi connectivity index (χ4v) is 5.50. The number of nitrogens with one attached hydrogen (secondary N) is 1. The Balaban J connectivity index is 1.37. The Bertz CT molecular complexity index is 1770. The number of benzene rings is 2. The number of halogens is 2. The maximum Gasteiger partial charge on any atom is 0.255 e. The Labute approximate surface area is 221 Å². The average Bonchev–Trinajstić information content (AvgIpc) is 3.52. The monoisotopic (exact) mass is 524 g/mol. The van der Waals surface area contributed by atoms with E-state index in [0.717, 1.165) is 5.70 Å². The lowest BCUT2D eigenvalue weighted by molar-refractivity contribution is 0.0964. The van der Waals surface area contributed by atoms with Gasteiger partial charge in [0, 0.05) is 35.3 Å². The molecule has 2 atom stereocenters. The van der Waals surface area contributed by atoms with Gasteiger partial charge in [-0.1, -0.05) is 12.2 Å². The summed E-state index contributed by atoms with van der Waals surface area (Å²) in [6.07, 6.45) is 7.05. The van der Waals surface area contributed by atoms with E-state index in [0.29, 0.717) is 63.0 Å². The summed E-state index contributed by atoms with van der Waals surface area (Å²) in [6, 6.07) is 12.6. The molecule has 0 fully saturated rings. The zero-order valence-electron chi connectivity index (χ0n) is 20.7. The van der Waals surface area contributed by atoms with Crippen molar-refractivity contribution in [2.75, 3.05) is 19.5 Å². The van der Waals surface area contributed by atoms with E-state index < -0.39 is 11.7 Å². The zero-order chi connectivity index (χ0) is 26.8. The Morgan fingerprint density at radius 3 is 2.77 bits per heavy atom. The van der Waals surface area contributed by atoms with Crippen LogP contribution in [0.25, 0.3) is 39.2 Å². The summed E-state index contributed by atoms with van der Waals surface area (Å²) in [5.41, 5.74) is 10.7. The molecule has 9 heteroatoms. The molecule has 194 valence electrons. The van der Waals surface area contributed by atoms with Crippen molar-refractivity contribution in [1.29, 1.82) is 0 Å². The quantitative estimate of drug-likeness (QED) is 0.336. The number of hydrogen-bond donors (Lipinski definition) is 2. The molecule has 7 nitrogen and oxygen atoms in total. The van der Waals surface area contributed by atoms with E-state index in [9.17, 15) is 13.6 Å². The second-order valence-electron chi connectivity index (χ2n) is 9.62. The molecule has 7 rings (SSSR count). The Hall–Kier alpha value is -4.92. The second kappa shape index (κ2) is 8.56. The lowest BCUT2D eigenvalue weighted by atomic mass is 9.96. The van der Waals surface area contributed by atoms with E-state index in [-0.39, 0.29) is 17.8 Å². The Kier molecular flexibility index (Phi) is 5.09. The van der Waals surface area contributed by atoms with Crippen LogP contribution in [0.4, 0.5) is 14.5 Å². The fraction of sp³-hybridized carbons (Fsp3) is 0.133. The van der Waals surface area contributed by atoms with Crippen molar-refractivity contribution in [1.82, 2.24) is 15.2 Å². The van der Waals surface area contributed by atoms with Crippen LogP contribution < -0.4 is 15.8 Å². The summed E-state index contributed by atoms with van der Waals surface area (Å²) >= 11 is 0. The molecule has 0 bridgehead atoms. The Morgan fingerprint density at radius 2 is 1.97 bits per heavy atom. The predicted molar refractivity (Wildman–Crippen MR) is 144 cm³/mol. The van der Waals surface area contributed by atoms with Crippen LogP contribution in [0.1, 0.15) is 16.1 Å². The van der Waals surface area contributed by atoms with Gasteiger partial charge in [0.1, 0.15) is 34.4 Å². The van der Waals surface area contributed by atoms with Crippen LogP contribution >= 0.6 is 0 Å². The minimum absolute atomic E-state index is 0.170. The number of pyridine rings is 1. The Morgan fingerprint density at radius 1 is 1.15 bits per heavy atom. The van der Waals surface area contributed by atoms with Gasteiger partial charge in [0.05, 0.1) is 28.9 Å². The number of ether oxygens (including phenoxy) is 1. The molecule has 3 N–H and O–H groups in total. The van der Waals surface area contributed by atoms with Crippen LogP contribution in [0, 0.1) is 11.7 Å². The SMILES string of the molecule is CNC(=O)c1c(-c2ccc(F)cc2)oc2cc(N)c(-c3ccc4c(n3)C3=CC5C(F)=CC=CC5N3CO4)cc12. The molecule has 0 saturated carbocycles. The van der Waals surface area contributed by atoms with Crippen molar-refractivity contribution >= 4 is 28.3 Å². The van der Waals surface area contributed by atoms with Gasteiger partial charge in [-0.2, -0.15) is 0 Å². The van der Waals surface area contributed by atoms with E-state index in [2.05, 4.69) is 5.32 Å². The molecule has 4 heterocycles. The largest absolute Gasteiger partial charge is 0.471 e. The fourth-order valence-electron chi connectivity index (χ4n) is 5.50. The van der Waals surface area contributed by atoms with E-state index >= 15 is 0 Å². The van der Waals surface area contributed by atoms with Gasteiger partial charge in [-0.3, -0.25) is 4.79 Å². The van der Waals surface area contributed by atoms with E-state index in [4.69, 9.17) is 19.9 Å². The number of carbonyl (C=O) groups is 1. The maximum atomic E-state index is 14.6. The number of anilines is 1. The van der Waals surface area contributed by atoms with Crippen molar-refractivity contribution < 1.29 is 22.7 Å². The highest BCUT2D eigenvalue weighted by Gasteiger charge is 2.41. The number of hydrogen-bond acceptors (Lipinski definition) is 6. The molecular formula is C30H22F2N4O3. The van der Waals surface area contributed by atoms with Crippen LogP contribution in [0.15, 0.2) is 83.1 Å². The molecular weight excluding hydrogens is 502 g/mol. The summed E-state index contributed by atoms with van der Waals surface area (Å²) < 4.78 is 40.2. The number of allylic oxidation sites excluding steroid dienone is 2. The highest BCUT2D eigenvalue weighted by molar-refractivity contribution is 6.12. The molecule has 0 radical (unpaired) electrons. The lowest BCUT2D eigenvalue weighted by Crippen LogP contribution is -2.38. The first-order valence-corrected chi connectivity index (χ1v) is 12.4. The normalized spacial score (nSPS) is 19.1. The van der Waals surface area contributed by atoms with Crippen molar-refractivity contribution in [2.45, 2.75) is 6.04 Å². The van der Waals surface area contributed by atoms with E-state index in [1.54, 1.807) is 36.4 Å². The van der Waals surface area contributed by atoms with Crippen LogP contribution in [0.2, 0.25) is 0 Å². The number of nitrogens with two attached hydrogens (primary N) is 1. The number of nitrogens with zero attached hydrogens (tertiary/aromatic N) is 2. The van der Waals surface area contributed by atoms with E-state index in [1.807, 2.05) is 23.1 Å². The van der Waals surface area contributed by atoms with Gasteiger partial charge in [-0.05, 0) is 54.6 Å². The van der Waals surface area contributed by atoms with Gasteiger partial charge >= 0.3 is 0 Å². The van der Waals surface area contributed by atoms with Crippen LogP contribution in [-0.2, 0) is 0 Å². The molecule has 3 aliphatic rings. The van der Waals surface area contributed by atoms with Crippen LogP contribution in [0.5, 0.6) is 5.75 Å². The van der Waals surface area contributed by atoms with Gasteiger partial charge in [-0.25, -0.2) is 13.8 Å². The number of nitrogen functional groups attached to an aromatic ring is 1. The topological polar surface area (TPSA) is 93.6 Å². The van der Waals surface area contributed by atoms with Crippen molar-refractivity contribution in [2.24, 2.45) is 5.92 Å². The van der Waals surface area contributed by atoms with Crippen molar-refractivity contribution in [3.8, 4) is 28.3 Å². The molecule has 1 amide bonds. The van der Waals surface area contributed by atoms with Crippen molar-refractivity contribution in [3.63, 3.8) is 0 Å². The molecule has 4 aromatic rings. The van der Waals surface area contributed by atoms with Crippen LogP contribution in [-0.4, -0.2) is 35.6 Å². The smallest absolute Gasteiger partial charge is 0.255 e. The van der Waals surface area contributed by atoms with Gasteiger partial charge in [0.2, 0.25) is 0 Å². The molecule has 2 aliphatic heterocycles. The highest BCUT2D eigenvalue weighted by atomic mass is 19.1. The number of amides is 1. The molecule has 39 heavy (non-hydrogen) atoms. The predicted octanol–water partition coefficient (Wildman–Crippen LogP) is 5.66. The molecule has 0 spiro atoms. The number of rotatable bonds is 3. The first-order chi connectivity index (χ1) is 18.9. The number of fused-ring (bicyclic) bond motifs is 6. The molecule has 2 aromatic heterocycles. The molecule has 1 aliphatic carbocycles. The van der Waals surface area contributed by atoms with E-state index in [1.165, 1.54) is 25.3 Å². The summed E-state index contributed by atoms with van der Waals surface area (Å²) in [5.74, 6) is -0.428. The first kappa shape index (κ1) is 23.2. The third kappa shape index (κ3) is 3.53. The summed E-state index contributed by atoms with van der Waals surface area (Å²) in [5, 5.41) is 3.20. The summed E-state index contributed by atoms with van der Waals surface area (Å²) in [6.45, 7) is 0.295. The first-order valence-electron chi connectivity index (χ1n) is 12.4. The minimum atomic E-state index is -0.393. The summed E-state index contributed by atoms with van der Waals surface area (Å²) in [4.78, 5) is 19.9. The lowest BCUT2D eigenvalue weighted by Gasteiger charge is -2.34. The van der Waals surface area contributed by atoms with Gasteiger partial charge in [0.25, 0.3) is 5.91 Å². The zero-order valence-corrected chi connectivity index (χ0v) is 20.7. The third-order valence-electron chi connectivity index (χ3n) is 7.41. The van der Waals surface area contributed by atoms with Gasteiger partial charge in [-0.15, -0.1) is 0 Å². The number of furan rings is 1.